The molecule has 5 nitrogen and oxygen atoms in total. The fourth-order valence-corrected chi connectivity index (χ4v) is 3.40. The molecule has 0 aliphatic carbocycles. The maximum atomic E-state index is 6.20. The van der Waals surface area contributed by atoms with Gasteiger partial charge in [-0.2, -0.15) is 0 Å². The minimum absolute atomic E-state index is 0.473. The zero-order valence-electron chi connectivity index (χ0n) is 14.2. The van der Waals surface area contributed by atoms with Gasteiger partial charge in [-0.1, -0.05) is 41.9 Å². The highest BCUT2D eigenvalue weighted by atomic mass is 35.5. The molecule has 0 amide bonds. The molecule has 2 heterocycles. The Hall–Kier alpha value is -1.85. The van der Waals surface area contributed by atoms with Gasteiger partial charge in [0, 0.05) is 39.3 Å². The first-order valence-corrected chi connectivity index (χ1v) is 8.78. The summed E-state index contributed by atoms with van der Waals surface area (Å²) in [6, 6.07) is 11.2. The summed E-state index contributed by atoms with van der Waals surface area (Å²) >= 11 is 6.20. The van der Waals surface area contributed by atoms with Gasteiger partial charge in [0.05, 0.1) is 0 Å². The van der Waals surface area contributed by atoms with E-state index >= 15 is 0 Å². The number of hydrogen-bond acceptors (Lipinski definition) is 5. The minimum Gasteiger partial charge on any atom is -0.383 e. The average molecular weight is 346 g/mol. The third-order valence-electron chi connectivity index (χ3n) is 4.66. The SMILES string of the molecule is CNc1c(Cl)ncnc1N1CCC(C)N(Cc2ccccc2)CC1. The molecule has 1 atom stereocenters. The number of hydrogen-bond donors (Lipinski definition) is 1. The Labute approximate surface area is 148 Å². The molecule has 1 aliphatic rings. The molecular weight excluding hydrogens is 322 g/mol. The average Bonchev–Trinajstić information content (AvgIpc) is 2.78. The molecule has 2 aromatic rings. The van der Waals surface area contributed by atoms with Crippen LogP contribution in [-0.2, 0) is 6.54 Å². The number of rotatable bonds is 4. The molecule has 24 heavy (non-hydrogen) atoms. The molecule has 1 aromatic heterocycles. The molecule has 1 unspecified atom stereocenters. The van der Waals surface area contributed by atoms with Crippen LogP contribution in [0.4, 0.5) is 11.5 Å². The van der Waals surface area contributed by atoms with Gasteiger partial charge in [0.15, 0.2) is 11.0 Å². The number of benzene rings is 1. The monoisotopic (exact) mass is 345 g/mol. The lowest BCUT2D eigenvalue weighted by atomic mass is 10.1. The van der Waals surface area contributed by atoms with Gasteiger partial charge < -0.3 is 10.2 Å². The van der Waals surface area contributed by atoms with Crippen molar-refractivity contribution in [1.82, 2.24) is 14.9 Å². The van der Waals surface area contributed by atoms with Crippen LogP contribution in [0, 0.1) is 0 Å². The highest BCUT2D eigenvalue weighted by molar-refractivity contribution is 6.32. The number of aromatic nitrogens is 2. The van der Waals surface area contributed by atoms with Crippen molar-refractivity contribution in [2.45, 2.75) is 25.9 Å². The first kappa shape index (κ1) is 17.0. The summed E-state index contributed by atoms with van der Waals surface area (Å²) in [6.07, 6.45) is 2.63. The lowest BCUT2D eigenvalue weighted by molar-refractivity contribution is 0.212. The highest BCUT2D eigenvalue weighted by Gasteiger charge is 2.23. The number of nitrogens with zero attached hydrogens (tertiary/aromatic N) is 4. The number of nitrogens with one attached hydrogen (secondary N) is 1. The number of halogens is 1. The lowest BCUT2D eigenvalue weighted by Gasteiger charge is -2.26. The van der Waals surface area contributed by atoms with Crippen LogP contribution in [0.15, 0.2) is 36.7 Å². The van der Waals surface area contributed by atoms with Crippen LogP contribution < -0.4 is 10.2 Å². The van der Waals surface area contributed by atoms with Crippen LogP contribution in [-0.4, -0.2) is 47.6 Å². The molecule has 0 radical (unpaired) electrons. The third kappa shape index (κ3) is 3.79. The summed E-state index contributed by atoms with van der Waals surface area (Å²) in [7, 11) is 1.86. The molecule has 1 N–H and O–H groups in total. The van der Waals surface area contributed by atoms with Crippen molar-refractivity contribution in [3.8, 4) is 0 Å². The van der Waals surface area contributed by atoms with E-state index < -0.39 is 0 Å². The second-order valence-electron chi connectivity index (χ2n) is 6.19. The normalized spacial score (nSPS) is 19.1. The summed E-state index contributed by atoms with van der Waals surface area (Å²) in [5.74, 6) is 0.895. The smallest absolute Gasteiger partial charge is 0.157 e. The van der Waals surface area contributed by atoms with E-state index in [0.29, 0.717) is 11.2 Å². The fourth-order valence-electron chi connectivity index (χ4n) is 3.18. The topological polar surface area (TPSA) is 44.3 Å². The van der Waals surface area contributed by atoms with Crippen molar-refractivity contribution >= 4 is 23.1 Å². The van der Waals surface area contributed by atoms with E-state index in [-0.39, 0.29) is 0 Å². The molecule has 0 bridgehead atoms. The van der Waals surface area contributed by atoms with Crippen LogP contribution in [0.1, 0.15) is 18.9 Å². The van der Waals surface area contributed by atoms with E-state index in [1.54, 1.807) is 0 Å². The van der Waals surface area contributed by atoms with E-state index in [9.17, 15) is 0 Å². The van der Waals surface area contributed by atoms with Crippen molar-refractivity contribution in [2.24, 2.45) is 0 Å². The Morgan fingerprint density at radius 1 is 1.17 bits per heavy atom. The second-order valence-corrected chi connectivity index (χ2v) is 6.55. The van der Waals surface area contributed by atoms with Crippen molar-refractivity contribution in [1.29, 1.82) is 0 Å². The van der Waals surface area contributed by atoms with Crippen molar-refractivity contribution in [3.63, 3.8) is 0 Å². The van der Waals surface area contributed by atoms with Crippen molar-refractivity contribution < 1.29 is 0 Å². The lowest BCUT2D eigenvalue weighted by Crippen LogP contribution is -2.34. The standard InChI is InChI=1S/C18H24ClN5/c1-14-8-9-23(18-16(20-2)17(19)21-13-22-18)10-11-24(14)12-15-6-4-3-5-7-15/h3-7,13-14,20H,8-12H2,1-2H3. The first-order valence-electron chi connectivity index (χ1n) is 8.40. The highest BCUT2D eigenvalue weighted by Crippen LogP contribution is 2.30. The zero-order valence-corrected chi connectivity index (χ0v) is 15.0. The Morgan fingerprint density at radius 2 is 1.96 bits per heavy atom. The molecule has 0 saturated carbocycles. The van der Waals surface area contributed by atoms with Crippen LogP contribution in [0.25, 0.3) is 0 Å². The summed E-state index contributed by atoms with van der Waals surface area (Å²) in [6.45, 7) is 6.19. The Morgan fingerprint density at radius 3 is 2.71 bits per heavy atom. The Bertz CT molecular complexity index is 664. The van der Waals surface area contributed by atoms with E-state index in [1.165, 1.54) is 11.9 Å². The van der Waals surface area contributed by atoms with Gasteiger partial charge in [-0.3, -0.25) is 4.90 Å². The molecule has 1 aromatic carbocycles. The van der Waals surface area contributed by atoms with Crippen LogP contribution >= 0.6 is 11.6 Å². The van der Waals surface area contributed by atoms with Gasteiger partial charge >= 0.3 is 0 Å². The zero-order chi connectivity index (χ0) is 16.9. The predicted octanol–water partition coefficient (Wildman–Crippen LogP) is 3.27. The predicted molar refractivity (Wildman–Crippen MR) is 99.7 cm³/mol. The van der Waals surface area contributed by atoms with Gasteiger partial charge in [-0.25, -0.2) is 9.97 Å². The van der Waals surface area contributed by atoms with E-state index in [2.05, 4.69) is 62.3 Å². The molecule has 1 aliphatic heterocycles. The Balaban J connectivity index is 1.73. The van der Waals surface area contributed by atoms with Gasteiger partial charge in [0.2, 0.25) is 0 Å². The first-order chi connectivity index (χ1) is 11.7. The maximum absolute atomic E-state index is 6.20. The number of anilines is 2. The summed E-state index contributed by atoms with van der Waals surface area (Å²) < 4.78 is 0. The summed E-state index contributed by atoms with van der Waals surface area (Å²) in [4.78, 5) is 13.4. The van der Waals surface area contributed by atoms with Gasteiger partial charge in [0.1, 0.15) is 12.0 Å². The third-order valence-corrected chi connectivity index (χ3v) is 4.94. The van der Waals surface area contributed by atoms with E-state index in [1.807, 2.05) is 7.05 Å². The van der Waals surface area contributed by atoms with Gasteiger partial charge in [-0.15, -0.1) is 0 Å². The molecule has 3 rings (SSSR count). The van der Waals surface area contributed by atoms with Gasteiger partial charge in [-0.05, 0) is 18.9 Å². The Kier molecular flexibility index (Phi) is 5.53. The maximum Gasteiger partial charge on any atom is 0.157 e. The minimum atomic E-state index is 0.473. The molecular formula is C18H24ClN5. The molecule has 1 fully saturated rings. The molecule has 0 spiro atoms. The molecule has 6 heteroatoms. The van der Waals surface area contributed by atoms with Crippen LogP contribution in [0.3, 0.4) is 0 Å². The van der Waals surface area contributed by atoms with E-state index in [4.69, 9.17) is 11.6 Å². The molecule has 1 saturated heterocycles. The largest absolute Gasteiger partial charge is 0.383 e. The fraction of sp³-hybridized carbons (Fsp3) is 0.444. The van der Waals surface area contributed by atoms with Gasteiger partial charge in [0.25, 0.3) is 0 Å². The molecule has 128 valence electrons. The summed E-state index contributed by atoms with van der Waals surface area (Å²) in [5.41, 5.74) is 2.17. The van der Waals surface area contributed by atoms with Crippen LogP contribution in [0.2, 0.25) is 5.15 Å². The van der Waals surface area contributed by atoms with E-state index in [0.717, 1.165) is 44.1 Å². The quantitative estimate of drug-likeness (QED) is 0.861. The summed E-state index contributed by atoms with van der Waals surface area (Å²) in [5, 5.41) is 3.60. The van der Waals surface area contributed by atoms with Crippen molar-refractivity contribution in [3.05, 3.63) is 47.4 Å². The second kappa shape index (κ2) is 7.81. The van der Waals surface area contributed by atoms with Crippen molar-refractivity contribution in [2.75, 3.05) is 36.9 Å². The van der Waals surface area contributed by atoms with Crippen LogP contribution in [0.5, 0.6) is 0 Å².